The molecule has 0 amide bonds. The largest absolute Gasteiger partial charge is 0.391 e. The number of nitrogens with zero attached hydrogens (tertiary/aromatic N) is 1. The van der Waals surface area contributed by atoms with Gasteiger partial charge in [0.2, 0.25) is 0 Å². The maximum absolute atomic E-state index is 10.2. The predicted octanol–water partition coefficient (Wildman–Crippen LogP) is 2.43. The van der Waals surface area contributed by atoms with Crippen LogP contribution in [0.4, 0.5) is 0 Å². The van der Waals surface area contributed by atoms with Gasteiger partial charge in [-0.1, -0.05) is 26.7 Å². The molecular weight excluding hydrogens is 214 g/mol. The van der Waals surface area contributed by atoms with Gasteiger partial charge in [-0.15, -0.1) is 0 Å². The first-order valence-corrected chi connectivity index (χ1v) is 7.17. The van der Waals surface area contributed by atoms with Crippen LogP contribution in [-0.2, 0) is 4.74 Å². The lowest BCUT2D eigenvalue weighted by atomic mass is 9.89. The molecule has 0 aliphatic heterocycles. The van der Waals surface area contributed by atoms with Gasteiger partial charge in [0.15, 0.2) is 0 Å². The Morgan fingerprint density at radius 1 is 1.24 bits per heavy atom. The van der Waals surface area contributed by atoms with Crippen molar-refractivity contribution >= 4 is 0 Å². The van der Waals surface area contributed by atoms with Crippen molar-refractivity contribution in [3.05, 3.63) is 0 Å². The van der Waals surface area contributed by atoms with Crippen LogP contribution in [0.5, 0.6) is 0 Å². The van der Waals surface area contributed by atoms with Crippen LogP contribution in [0, 0.1) is 0 Å². The number of rotatable bonds is 7. The van der Waals surface area contributed by atoms with E-state index in [1.807, 2.05) is 0 Å². The summed E-state index contributed by atoms with van der Waals surface area (Å²) in [4.78, 5) is 2.49. The number of hydrogen-bond donors (Lipinski definition) is 1. The summed E-state index contributed by atoms with van der Waals surface area (Å²) in [5.74, 6) is 0. The van der Waals surface area contributed by atoms with E-state index in [-0.39, 0.29) is 6.10 Å². The summed E-state index contributed by atoms with van der Waals surface area (Å²) >= 11 is 0. The zero-order valence-electron chi connectivity index (χ0n) is 11.7. The zero-order chi connectivity index (χ0) is 12.7. The lowest BCUT2D eigenvalue weighted by molar-refractivity contribution is -0.0144. The van der Waals surface area contributed by atoms with E-state index in [1.165, 1.54) is 12.8 Å². The Hall–Kier alpha value is -0.120. The van der Waals surface area contributed by atoms with Crippen LogP contribution >= 0.6 is 0 Å². The molecule has 0 aromatic carbocycles. The fraction of sp³-hybridized carbons (Fsp3) is 1.00. The van der Waals surface area contributed by atoms with Crippen molar-refractivity contribution in [2.75, 3.05) is 20.3 Å². The topological polar surface area (TPSA) is 32.7 Å². The molecule has 0 bridgehead atoms. The van der Waals surface area contributed by atoms with Gasteiger partial charge in [-0.05, 0) is 25.7 Å². The van der Waals surface area contributed by atoms with Crippen molar-refractivity contribution in [2.45, 2.75) is 70.6 Å². The van der Waals surface area contributed by atoms with Gasteiger partial charge in [0.25, 0.3) is 0 Å². The first kappa shape index (κ1) is 14.9. The second-order valence-electron chi connectivity index (χ2n) is 5.12. The molecule has 1 aliphatic carbocycles. The highest BCUT2D eigenvalue weighted by Crippen LogP contribution is 2.26. The van der Waals surface area contributed by atoms with Gasteiger partial charge >= 0.3 is 0 Å². The Balaban J connectivity index is 2.65. The summed E-state index contributed by atoms with van der Waals surface area (Å²) < 4.78 is 5.21. The fourth-order valence-corrected chi connectivity index (χ4v) is 3.05. The molecule has 0 spiro atoms. The van der Waals surface area contributed by atoms with Crippen LogP contribution in [0.15, 0.2) is 0 Å². The zero-order valence-corrected chi connectivity index (χ0v) is 11.7. The molecular formula is C14H29NO2. The van der Waals surface area contributed by atoms with Crippen molar-refractivity contribution in [1.82, 2.24) is 4.90 Å². The first-order valence-electron chi connectivity index (χ1n) is 7.17. The van der Waals surface area contributed by atoms with Crippen LogP contribution in [0.1, 0.15) is 52.4 Å². The molecule has 1 aliphatic rings. The van der Waals surface area contributed by atoms with E-state index in [9.17, 15) is 5.11 Å². The van der Waals surface area contributed by atoms with E-state index >= 15 is 0 Å². The van der Waals surface area contributed by atoms with Crippen molar-refractivity contribution < 1.29 is 9.84 Å². The van der Waals surface area contributed by atoms with Crippen LogP contribution in [0.3, 0.4) is 0 Å². The fourth-order valence-electron chi connectivity index (χ4n) is 3.05. The van der Waals surface area contributed by atoms with Gasteiger partial charge in [0, 0.05) is 25.7 Å². The first-order chi connectivity index (χ1) is 8.24. The lowest BCUT2D eigenvalue weighted by Gasteiger charge is -2.42. The summed E-state index contributed by atoms with van der Waals surface area (Å²) in [7, 11) is 1.75. The molecule has 0 aromatic heterocycles. The second kappa shape index (κ2) is 8.06. The van der Waals surface area contributed by atoms with Crippen molar-refractivity contribution in [3.63, 3.8) is 0 Å². The molecule has 1 rings (SSSR count). The Kier molecular flexibility index (Phi) is 7.09. The van der Waals surface area contributed by atoms with Crippen LogP contribution in [0.2, 0.25) is 0 Å². The van der Waals surface area contributed by atoms with E-state index in [0.29, 0.717) is 12.1 Å². The Morgan fingerprint density at radius 2 is 1.88 bits per heavy atom. The Labute approximate surface area is 106 Å². The molecule has 0 aromatic rings. The van der Waals surface area contributed by atoms with Crippen LogP contribution in [0.25, 0.3) is 0 Å². The minimum absolute atomic E-state index is 0.138. The van der Waals surface area contributed by atoms with Gasteiger partial charge < -0.3 is 9.84 Å². The highest BCUT2D eigenvalue weighted by atomic mass is 16.5. The van der Waals surface area contributed by atoms with Crippen molar-refractivity contribution in [3.8, 4) is 0 Å². The standard InChI is InChI=1S/C14H29NO2/c1-4-12(5-2)15(10-11-17-3)13-8-6-7-9-14(13)16/h12-14,16H,4-11H2,1-3H3. The highest BCUT2D eigenvalue weighted by Gasteiger charge is 2.31. The molecule has 1 fully saturated rings. The third-order valence-corrected chi connectivity index (χ3v) is 4.09. The van der Waals surface area contributed by atoms with Crippen LogP contribution in [-0.4, -0.2) is 48.5 Å². The van der Waals surface area contributed by atoms with E-state index in [4.69, 9.17) is 4.74 Å². The van der Waals surface area contributed by atoms with Crippen LogP contribution < -0.4 is 0 Å². The Morgan fingerprint density at radius 3 is 2.41 bits per heavy atom. The second-order valence-corrected chi connectivity index (χ2v) is 5.12. The molecule has 0 heterocycles. The Bertz CT molecular complexity index is 195. The molecule has 2 unspecified atom stereocenters. The number of methoxy groups -OCH3 is 1. The summed E-state index contributed by atoms with van der Waals surface area (Å²) in [6.07, 6.45) is 6.72. The molecule has 102 valence electrons. The maximum atomic E-state index is 10.2. The van der Waals surface area contributed by atoms with E-state index in [1.54, 1.807) is 7.11 Å². The molecule has 3 heteroatoms. The predicted molar refractivity (Wildman–Crippen MR) is 71.2 cm³/mol. The van der Waals surface area contributed by atoms with Crippen molar-refractivity contribution in [2.24, 2.45) is 0 Å². The number of aliphatic hydroxyl groups excluding tert-OH is 1. The number of ether oxygens (including phenoxy) is 1. The summed E-state index contributed by atoms with van der Waals surface area (Å²) in [5.41, 5.74) is 0. The van der Waals surface area contributed by atoms with Gasteiger partial charge in [-0.25, -0.2) is 0 Å². The van der Waals surface area contributed by atoms with E-state index in [2.05, 4.69) is 18.7 Å². The highest BCUT2D eigenvalue weighted by molar-refractivity contribution is 4.86. The van der Waals surface area contributed by atoms with Crippen molar-refractivity contribution in [1.29, 1.82) is 0 Å². The molecule has 0 radical (unpaired) electrons. The molecule has 0 saturated heterocycles. The SMILES string of the molecule is CCC(CC)N(CCOC)C1CCCCC1O. The molecule has 2 atom stereocenters. The third kappa shape index (κ3) is 4.23. The third-order valence-electron chi connectivity index (χ3n) is 4.09. The van der Waals surface area contributed by atoms with Gasteiger partial charge in [-0.2, -0.15) is 0 Å². The van der Waals surface area contributed by atoms with E-state index < -0.39 is 0 Å². The monoisotopic (exact) mass is 243 g/mol. The smallest absolute Gasteiger partial charge is 0.0695 e. The minimum atomic E-state index is -0.138. The summed E-state index contributed by atoms with van der Waals surface area (Å²) in [6.45, 7) is 6.19. The average Bonchev–Trinajstić information content (AvgIpc) is 2.36. The number of aliphatic hydroxyl groups is 1. The quantitative estimate of drug-likeness (QED) is 0.745. The molecule has 1 saturated carbocycles. The average molecular weight is 243 g/mol. The molecule has 1 N–H and O–H groups in total. The minimum Gasteiger partial charge on any atom is -0.391 e. The lowest BCUT2D eigenvalue weighted by Crippen LogP contribution is -2.51. The summed E-state index contributed by atoms with van der Waals surface area (Å²) in [5, 5.41) is 10.2. The van der Waals surface area contributed by atoms with Gasteiger partial charge in [0.05, 0.1) is 12.7 Å². The normalized spacial score (nSPS) is 25.8. The summed E-state index contributed by atoms with van der Waals surface area (Å²) in [6, 6.07) is 0.937. The maximum Gasteiger partial charge on any atom is 0.0695 e. The molecule has 3 nitrogen and oxygen atoms in total. The van der Waals surface area contributed by atoms with E-state index in [0.717, 1.165) is 38.8 Å². The van der Waals surface area contributed by atoms with Gasteiger partial charge in [-0.3, -0.25) is 4.90 Å². The molecule has 17 heavy (non-hydrogen) atoms. The van der Waals surface area contributed by atoms with Gasteiger partial charge in [0.1, 0.15) is 0 Å². The number of hydrogen-bond acceptors (Lipinski definition) is 3.